The highest BCUT2D eigenvalue weighted by Gasteiger charge is 2.21. The molecule has 246 valence electrons. The van der Waals surface area contributed by atoms with Crippen molar-refractivity contribution in [3.05, 3.63) is 211 Å². The highest BCUT2D eigenvalue weighted by molar-refractivity contribution is 7.23. The van der Waals surface area contributed by atoms with Crippen molar-refractivity contribution in [1.82, 2.24) is 9.88 Å². The summed E-state index contributed by atoms with van der Waals surface area (Å²) in [5.74, 6) is 0. The van der Waals surface area contributed by atoms with Crippen LogP contribution in [0.2, 0.25) is 0 Å². The van der Waals surface area contributed by atoms with Crippen molar-refractivity contribution >= 4 is 54.5 Å². The lowest BCUT2D eigenvalue weighted by molar-refractivity contribution is 0.766. The quantitative estimate of drug-likeness (QED) is 0.185. The van der Waals surface area contributed by atoms with Gasteiger partial charge in [-0.15, -0.1) is 11.3 Å². The summed E-state index contributed by atoms with van der Waals surface area (Å²) >= 11 is 1.89. The van der Waals surface area contributed by atoms with Gasteiger partial charge in [0.1, 0.15) is 0 Å². The second kappa shape index (κ2) is 12.7. The summed E-state index contributed by atoms with van der Waals surface area (Å²) < 4.78 is 3.78. The number of dihydropyridines is 1. The molecule has 1 aliphatic rings. The molecule has 0 aliphatic carbocycles. The SMILES string of the molecule is C1=C(c2ccc(-c3ccccc3)cc2)C=C(c2ccccc2)NC1c1cccc(-n2c3ccccc3c3c4sc(-c5ccccc5)cc4ccc32)c1. The van der Waals surface area contributed by atoms with Crippen molar-refractivity contribution in [2.75, 3.05) is 0 Å². The van der Waals surface area contributed by atoms with E-state index in [1.54, 1.807) is 0 Å². The molecule has 0 radical (unpaired) electrons. The molecule has 7 aromatic carbocycles. The standard InChI is InChI=1S/C49H34N2S/c1-4-13-33(14-5-1)34-23-25-35(26-24-34)40-30-43(36-15-6-2-7-16-36)50-44(31-40)38-19-12-20-41(29-38)51-45-22-11-10-21-42(45)48-46(51)28-27-39-32-47(52-49(39)48)37-17-8-3-9-18-37/h1-32,44,50H. The Morgan fingerprint density at radius 1 is 0.500 bits per heavy atom. The summed E-state index contributed by atoms with van der Waals surface area (Å²) in [5, 5.41) is 7.77. The minimum absolute atomic E-state index is 0.0190. The van der Waals surface area contributed by atoms with Gasteiger partial charge in [-0.1, -0.05) is 152 Å². The highest BCUT2D eigenvalue weighted by atomic mass is 32.1. The van der Waals surface area contributed by atoms with Crippen LogP contribution in [0, 0.1) is 0 Å². The minimum Gasteiger partial charge on any atom is -0.374 e. The molecule has 1 unspecified atom stereocenters. The molecule has 0 saturated heterocycles. The molecule has 0 amide bonds. The highest BCUT2D eigenvalue weighted by Crippen LogP contribution is 2.43. The van der Waals surface area contributed by atoms with E-state index in [1.165, 1.54) is 75.7 Å². The molecule has 2 aromatic heterocycles. The number of hydrogen-bond donors (Lipinski definition) is 1. The average Bonchev–Trinajstić information content (AvgIpc) is 3.82. The number of rotatable bonds is 6. The summed E-state index contributed by atoms with van der Waals surface area (Å²) in [6, 6.07) is 65.7. The first-order chi connectivity index (χ1) is 25.8. The Kier molecular flexibility index (Phi) is 7.44. The number of benzene rings is 7. The van der Waals surface area contributed by atoms with Crippen LogP contribution >= 0.6 is 11.3 Å². The van der Waals surface area contributed by atoms with Gasteiger partial charge in [-0.25, -0.2) is 0 Å². The van der Waals surface area contributed by atoms with Crippen LogP contribution in [-0.2, 0) is 0 Å². The normalized spacial score (nSPS) is 14.3. The predicted molar refractivity (Wildman–Crippen MR) is 222 cm³/mol. The van der Waals surface area contributed by atoms with Gasteiger partial charge in [0.25, 0.3) is 0 Å². The first kappa shape index (κ1) is 30.4. The summed E-state index contributed by atoms with van der Waals surface area (Å²) in [6.45, 7) is 0. The van der Waals surface area contributed by atoms with E-state index in [2.05, 4.69) is 204 Å². The zero-order valence-corrected chi connectivity index (χ0v) is 29.2. The van der Waals surface area contributed by atoms with Crippen molar-refractivity contribution in [3.63, 3.8) is 0 Å². The number of nitrogens with zero attached hydrogens (tertiary/aromatic N) is 1. The summed E-state index contributed by atoms with van der Waals surface area (Å²) in [7, 11) is 0. The van der Waals surface area contributed by atoms with E-state index in [0.717, 1.165) is 11.4 Å². The van der Waals surface area contributed by atoms with Gasteiger partial charge in [-0.3, -0.25) is 0 Å². The zero-order valence-electron chi connectivity index (χ0n) is 28.4. The number of aromatic nitrogens is 1. The lowest BCUT2D eigenvalue weighted by Gasteiger charge is -2.26. The van der Waals surface area contributed by atoms with E-state index in [1.807, 2.05) is 11.3 Å². The minimum atomic E-state index is -0.0190. The van der Waals surface area contributed by atoms with Gasteiger partial charge in [0.2, 0.25) is 0 Å². The Morgan fingerprint density at radius 3 is 1.92 bits per heavy atom. The van der Waals surface area contributed by atoms with Gasteiger partial charge >= 0.3 is 0 Å². The van der Waals surface area contributed by atoms with E-state index in [9.17, 15) is 0 Å². The van der Waals surface area contributed by atoms with Gasteiger partial charge in [0.05, 0.1) is 17.1 Å². The van der Waals surface area contributed by atoms with Crippen LogP contribution in [-0.4, -0.2) is 4.57 Å². The third-order valence-corrected chi connectivity index (χ3v) is 11.5. The molecule has 10 rings (SSSR count). The van der Waals surface area contributed by atoms with Crippen LogP contribution in [0.25, 0.3) is 70.4 Å². The average molecular weight is 683 g/mol. The Balaban J connectivity index is 1.09. The van der Waals surface area contributed by atoms with E-state index in [-0.39, 0.29) is 6.04 Å². The van der Waals surface area contributed by atoms with Gasteiger partial charge in [-0.05, 0) is 86.8 Å². The van der Waals surface area contributed by atoms with Gasteiger partial charge < -0.3 is 9.88 Å². The van der Waals surface area contributed by atoms with Crippen LogP contribution in [0.15, 0.2) is 194 Å². The number of fused-ring (bicyclic) bond motifs is 5. The Hall–Kier alpha value is -6.42. The molecule has 52 heavy (non-hydrogen) atoms. The second-order valence-corrected chi connectivity index (χ2v) is 14.5. The Bertz CT molecular complexity index is 2790. The molecule has 2 nitrogen and oxygen atoms in total. The summed E-state index contributed by atoms with van der Waals surface area (Å²) in [6.07, 6.45) is 4.66. The molecule has 1 atom stereocenters. The number of allylic oxidation sites excluding steroid dienone is 2. The van der Waals surface area contributed by atoms with Crippen LogP contribution in [0.1, 0.15) is 22.7 Å². The number of hydrogen-bond acceptors (Lipinski definition) is 2. The van der Waals surface area contributed by atoms with Crippen LogP contribution in [0.4, 0.5) is 0 Å². The molecule has 3 heteroatoms. The van der Waals surface area contributed by atoms with E-state index in [4.69, 9.17) is 0 Å². The predicted octanol–water partition coefficient (Wildman–Crippen LogP) is 13.1. The van der Waals surface area contributed by atoms with Crippen LogP contribution in [0.5, 0.6) is 0 Å². The molecule has 0 spiro atoms. The fraction of sp³-hybridized carbons (Fsp3) is 0.0204. The van der Waals surface area contributed by atoms with Gasteiger partial charge in [0.15, 0.2) is 0 Å². The van der Waals surface area contributed by atoms with Crippen molar-refractivity contribution in [2.45, 2.75) is 6.04 Å². The van der Waals surface area contributed by atoms with Crippen molar-refractivity contribution in [1.29, 1.82) is 0 Å². The molecular formula is C49H34N2S. The summed E-state index contributed by atoms with van der Waals surface area (Å²) in [5.41, 5.74) is 13.2. The number of para-hydroxylation sites is 1. The zero-order chi connectivity index (χ0) is 34.4. The Labute approximate surface area is 307 Å². The maximum absolute atomic E-state index is 3.89. The largest absolute Gasteiger partial charge is 0.374 e. The maximum atomic E-state index is 3.89. The molecule has 9 aromatic rings. The topological polar surface area (TPSA) is 17.0 Å². The second-order valence-electron chi connectivity index (χ2n) is 13.4. The fourth-order valence-corrected chi connectivity index (χ4v) is 8.91. The third-order valence-electron chi connectivity index (χ3n) is 10.2. The molecule has 1 aliphatic heterocycles. The lowest BCUT2D eigenvalue weighted by atomic mass is 9.92. The van der Waals surface area contributed by atoms with Crippen LogP contribution < -0.4 is 5.32 Å². The molecule has 0 fully saturated rings. The van der Waals surface area contributed by atoms with Crippen LogP contribution in [0.3, 0.4) is 0 Å². The Morgan fingerprint density at radius 2 is 1.15 bits per heavy atom. The van der Waals surface area contributed by atoms with Crippen molar-refractivity contribution in [3.8, 4) is 27.3 Å². The smallest absolute Gasteiger partial charge is 0.0707 e. The number of thiophene rings is 1. The molecular weight excluding hydrogens is 649 g/mol. The monoisotopic (exact) mass is 682 g/mol. The lowest BCUT2D eigenvalue weighted by Crippen LogP contribution is -2.22. The van der Waals surface area contributed by atoms with E-state index >= 15 is 0 Å². The third kappa shape index (κ3) is 5.35. The van der Waals surface area contributed by atoms with E-state index < -0.39 is 0 Å². The molecule has 3 heterocycles. The summed E-state index contributed by atoms with van der Waals surface area (Å²) in [4.78, 5) is 1.30. The fourth-order valence-electron chi connectivity index (χ4n) is 7.69. The molecule has 1 N–H and O–H groups in total. The van der Waals surface area contributed by atoms with Crippen molar-refractivity contribution in [2.24, 2.45) is 0 Å². The maximum Gasteiger partial charge on any atom is 0.0707 e. The number of nitrogens with one attached hydrogen (secondary N) is 1. The van der Waals surface area contributed by atoms with E-state index in [0.29, 0.717) is 0 Å². The molecule has 0 bridgehead atoms. The van der Waals surface area contributed by atoms with Gasteiger partial charge in [0, 0.05) is 31.7 Å². The van der Waals surface area contributed by atoms with Crippen molar-refractivity contribution < 1.29 is 0 Å². The first-order valence-electron chi connectivity index (χ1n) is 17.8. The molecule has 0 saturated carbocycles. The first-order valence-corrected chi connectivity index (χ1v) is 18.6. The van der Waals surface area contributed by atoms with Gasteiger partial charge in [-0.2, -0.15) is 0 Å².